The normalized spacial score (nSPS) is 23.8. The van der Waals surface area contributed by atoms with Gasteiger partial charge in [-0.1, -0.05) is 0 Å². The molecule has 0 aromatic carbocycles. The van der Waals surface area contributed by atoms with Gasteiger partial charge in [-0.25, -0.2) is 9.59 Å². The van der Waals surface area contributed by atoms with E-state index in [1.165, 1.54) is 11.9 Å². The predicted octanol–water partition coefficient (Wildman–Crippen LogP) is -1.67. The second-order valence-electron chi connectivity index (χ2n) is 3.55. The average Bonchev–Trinajstić information content (AvgIpc) is 2.36. The lowest BCUT2D eigenvalue weighted by molar-refractivity contribution is -0.130. The number of aliphatic carboxylic acids is 1. The first kappa shape index (κ1) is 11.0. The molecule has 17 heavy (non-hydrogen) atoms. The molecule has 0 spiro atoms. The molecule has 1 saturated heterocycles. The molecule has 2 heterocycles. The molecular formula is C8H9N5O4. The summed E-state index contributed by atoms with van der Waals surface area (Å²) in [5, 5.41) is 20.3. The topological polar surface area (TPSA) is 123 Å². The van der Waals surface area contributed by atoms with Crippen molar-refractivity contribution in [1.29, 1.82) is 0 Å². The maximum absolute atomic E-state index is 11.3. The van der Waals surface area contributed by atoms with Crippen molar-refractivity contribution in [3.05, 3.63) is 0 Å². The van der Waals surface area contributed by atoms with Gasteiger partial charge in [0.1, 0.15) is 0 Å². The highest BCUT2D eigenvalue weighted by atomic mass is 16.4. The second kappa shape index (κ2) is 3.85. The summed E-state index contributed by atoms with van der Waals surface area (Å²) in [7, 11) is 1.47. The quantitative estimate of drug-likeness (QED) is 0.504. The highest BCUT2D eigenvalue weighted by molar-refractivity contribution is 6.35. The van der Waals surface area contributed by atoms with Gasteiger partial charge in [-0.05, 0) is 0 Å². The molecule has 0 aromatic heterocycles. The van der Waals surface area contributed by atoms with Crippen LogP contribution in [0, 0.1) is 0 Å². The Morgan fingerprint density at radius 3 is 2.76 bits per heavy atom. The number of nitrogens with zero attached hydrogens (tertiary/aromatic N) is 3. The monoisotopic (exact) mass is 239 g/mol. The Balaban J connectivity index is 2.36. The minimum Gasteiger partial charge on any atom is -0.475 e. The minimum atomic E-state index is -1.24. The first-order valence-electron chi connectivity index (χ1n) is 4.71. The van der Waals surface area contributed by atoms with Crippen molar-refractivity contribution in [3.63, 3.8) is 0 Å². The number of likely N-dealkylation sites (N-methyl/N-ethyl adjacent to an activating group) is 1. The van der Waals surface area contributed by atoms with E-state index in [9.17, 15) is 14.4 Å². The fraction of sp³-hybridized carbons (Fsp3) is 0.375. The molecule has 0 saturated carbocycles. The summed E-state index contributed by atoms with van der Waals surface area (Å²) in [6.07, 6.45) is -0.0691. The molecule has 1 fully saturated rings. The summed E-state index contributed by atoms with van der Waals surface area (Å²) in [5.41, 5.74) is 0. The maximum Gasteiger partial charge on any atom is 0.373 e. The van der Waals surface area contributed by atoms with E-state index in [-0.39, 0.29) is 18.1 Å². The van der Waals surface area contributed by atoms with Gasteiger partial charge >= 0.3 is 12.0 Å². The van der Waals surface area contributed by atoms with Gasteiger partial charge in [-0.3, -0.25) is 15.4 Å². The summed E-state index contributed by atoms with van der Waals surface area (Å²) in [5.74, 6) is -1.87. The Bertz CT molecular complexity index is 469. The van der Waals surface area contributed by atoms with Crippen LogP contribution in [-0.4, -0.2) is 52.7 Å². The van der Waals surface area contributed by atoms with Crippen LogP contribution in [0.3, 0.4) is 0 Å². The fourth-order valence-electron chi connectivity index (χ4n) is 1.61. The van der Waals surface area contributed by atoms with Crippen molar-refractivity contribution in [2.75, 3.05) is 7.05 Å². The number of hydrogen-bond donors (Lipinski definition) is 3. The van der Waals surface area contributed by atoms with Crippen molar-refractivity contribution in [2.24, 2.45) is 10.2 Å². The Morgan fingerprint density at radius 1 is 1.41 bits per heavy atom. The van der Waals surface area contributed by atoms with Crippen LogP contribution in [-0.2, 0) is 9.59 Å². The van der Waals surface area contributed by atoms with Crippen molar-refractivity contribution < 1.29 is 19.5 Å². The van der Waals surface area contributed by atoms with E-state index >= 15 is 0 Å². The zero-order valence-electron chi connectivity index (χ0n) is 8.80. The standard InChI is InChI=1S/C8H9N5O4/c1-13-3-2-4(14)9-8(17)10-5(3)11-12-6(13)7(15)16/h3H,2H2,1H3,(H,15,16)(H2,9,10,11,14,17). The summed E-state index contributed by atoms with van der Waals surface area (Å²) >= 11 is 0. The molecule has 9 nitrogen and oxygen atoms in total. The van der Waals surface area contributed by atoms with E-state index in [0.29, 0.717) is 0 Å². The van der Waals surface area contributed by atoms with Crippen molar-refractivity contribution >= 4 is 29.6 Å². The highest BCUT2D eigenvalue weighted by Gasteiger charge is 2.35. The predicted molar refractivity (Wildman–Crippen MR) is 55.3 cm³/mol. The number of carbonyl (C=O) groups excluding carboxylic acids is 2. The van der Waals surface area contributed by atoms with Crippen molar-refractivity contribution in [1.82, 2.24) is 15.5 Å². The lowest BCUT2D eigenvalue weighted by atomic mass is 10.1. The third-order valence-electron chi connectivity index (χ3n) is 2.43. The van der Waals surface area contributed by atoms with Gasteiger partial charge in [-0.15, -0.1) is 10.2 Å². The van der Waals surface area contributed by atoms with Gasteiger partial charge in [0.25, 0.3) is 0 Å². The maximum atomic E-state index is 11.3. The summed E-state index contributed by atoms with van der Waals surface area (Å²) in [6, 6.07) is -1.33. The molecule has 0 bridgehead atoms. The van der Waals surface area contributed by atoms with Gasteiger partial charge in [0.2, 0.25) is 11.7 Å². The second-order valence-corrected chi connectivity index (χ2v) is 3.55. The first-order chi connectivity index (χ1) is 7.99. The zero-order chi connectivity index (χ0) is 12.6. The molecule has 90 valence electrons. The Hall–Kier alpha value is -2.45. The smallest absolute Gasteiger partial charge is 0.373 e. The van der Waals surface area contributed by atoms with Gasteiger partial charge in [0.05, 0.1) is 12.5 Å². The summed E-state index contributed by atoms with van der Waals surface area (Å²) < 4.78 is 0. The van der Waals surface area contributed by atoms with Crippen LogP contribution in [0.2, 0.25) is 0 Å². The number of hydrogen-bond acceptors (Lipinski definition) is 6. The van der Waals surface area contributed by atoms with Crippen LogP contribution >= 0.6 is 0 Å². The van der Waals surface area contributed by atoms with E-state index in [2.05, 4.69) is 20.8 Å². The highest BCUT2D eigenvalue weighted by Crippen LogP contribution is 2.12. The molecular weight excluding hydrogens is 230 g/mol. The molecule has 2 aliphatic heterocycles. The SMILES string of the molecule is CN1C(C(=O)O)=NN=C2NC(=O)NC(=O)CC21. The van der Waals surface area contributed by atoms with Gasteiger partial charge < -0.3 is 10.0 Å². The lowest BCUT2D eigenvalue weighted by Gasteiger charge is -2.29. The molecule has 3 N–H and O–H groups in total. The number of amides is 3. The van der Waals surface area contributed by atoms with Crippen molar-refractivity contribution in [3.8, 4) is 0 Å². The molecule has 1 atom stereocenters. The van der Waals surface area contributed by atoms with Crippen LogP contribution in [0.5, 0.6) is 0 Å². The molecule has 3 amide bonds. The summed E-state index contributed by atoms with van der Waals surface area (Å²) in [6.45, 7) is 0. The third kappa shape index (κ3) is 1.94. The van der Waals surface area contributed by atoms with E-state index in [1.54, 1.807) is 0 Å². The Morgan fingerprint density at radius 2 is 2.12 bits per heavy atom. The lowest BCUT2D eigenvalue weighted by Crippen LogP contribution is -2.52. The number of imide groups is 1. The largest absolute Gasteiger partial charge is 0.475 e. The first-order valence-corrected chi connectivity index (χ1v) is 4.71. The molecule has 1 unspecified atom stereocenters. The number of urea groups is 1. The summed E-state index contributed by atoms with van der Waals surface area (Å²) in [4.78, 5) is 34.6. The van der Waals surface area contributed by atoms with Gasteiger partial charge in [0.15, 0.2) is 5.84 Å². The molecule has 2 rings (SSSR count). The number of carbonyl (C=O) groups is 3. The number of carboxylic acid groups (broad SMARTS) is 1. The zero-order valence-corrected chi connectivity index (χ0v) is 8.80. The molecule has 2 aliphatic rings. The van der Waals surface area contributed by atoms with Gasteiger partial charge in [0, 0.05) is 7.05 Å². The number of fused-ring (bicyclic) bond motifs is 1. The van der Waals surface area contributed by atoms with E-state index in [4.69, 9.17) is 5.11 Å². The van der Waals surface area contributed by atoms with Crippen LogP contribution in [0.1, 0.15) is 6.42 Å². The van der Waals surface area contributed by atoms with Crippen molar-refractivity contribution in [2.45, 2.75) is 12.5 Å². The number of nitrogens with one attached hydrogen (secondary N) is 2. The molecule has 0 radical (unpaired) electrons. The average molecular weight is 239 g/mol. The minimum absolute atomic E-state index is 0.0691. The number of carboxylic acids is 1. The molecule has 0 aromatic rings. The van der Waals surface area contributed by atoms with Crippen LogP contribution < -0.4 is 10.6 Å². The van der Waals surface area contributed by atoms with Crippen LogP contribution in [0.25, 0.3) is 0 Å². The van der Waals surface area contributed by atoms with E-state index in [0.717, 1.165) is 0 Å². The van der Waals surface area contributed by atoms with Gasteiger partial charge in [-0.2, -0.15) is 0 Å². The Labute approximate surface area is 95.2 Å². The molecule has 9 heteroatoms. The third-order valence-corrected chi connectivity index (χ3v) is 2.43. The fourth-order valence-corrected chi connectivity index (χ4v) is 1.61. The number of rotatable bonds is 1. The van der Waals surface area contributed by atoms with Crippen LogP contribution in [0.4, 0.5) is 4.79 Å². The van der Waals surface area contributed by atoms with Crippen LogP contribution in [0.15, 0.2) is 10.2 Å². The Kier molecular flexibility index (Phi) is 2.50. The van der Waals surface area contributed by atoms with E-state index in [1.807, 2.05) is 0 Å². The van der Waals surface area contributed by atoms with E-state index < -0.39 is 23.9 Å². The molecule has 0 aliphatic carbocycles. The number of amidine groups is 2.